The van der Waals surface area contributed by atoms with Gasteiger partial charge in [0.2, 0.25) is 12.2 Å². The highest BCUT2D eigenvalue weighted by Gasteiger charge is 2.76. The molecule has 41 heavy (non-hydrogen) atoms. The molecule has 0 radical (unpaired) electrons. The van der Waals surface area contributed by atoms with Gasteiger partial charge in [0.25, 0.3) is 0 Å². The van der Waals surface area contributed by atoms with Gasteiger partial charge >= 0.3 is 23.9 Å². The van der Waals surface area contributed by atoms with Gasteiger partial charge in [-0.3, -0.25) is 9.59 Å². The Kier molecular flexibility index (Phi) is 8.92. The summed E-state index contributed by atoms with van der Waals surface area (Å²) in [5.74, 6) is -4.22. The summed E-state index contributed by atoms with van der Waals surface area (Å²) in [5.41, 5.74) is 8.55. The van der Waals surface area contributed by atoms with Gasteiger partial charge in [-0.1, -0.05) is 65.8 Å². The predicted molar refractivity (Wildman–Crippen MR) is 138 cm³/mol. The maximum absolute atomic E-state index is 13.5. The van der Waals surface area contributed by atoms with Crippen molar-refractivity contribution in [3.05, 3.63) is 82.2 Å². The summed E-state index contributed by atoms with van der Waals surface area (Å²) in [5, 5.41) is 24.4. The second-order valence-corrected chi connectivity index (χ2v) is 9.88. The molecule has 4 rings (SSSR count). The van der Waals surface area contributed by atoms with E-state index in [2.05, 4.69) is 10.0 Å². The summed E-state index contributed by atoms with van der Waals surface area (Å²) in [7, 11) is 0. The van der Waals surface area contributed by atoms with Crippen molar-refractivity contribution in [2.75, 3.05) is 6.61 Å². The second-order valence-electron chi connectivity index (χ2n) is 9.88. The molecule has 0 amide bonds. The third-order valence-corrected chi connectivity index (χ3v) is 7.35. The van der Waals surface area contributed by atoms with Crippen molar-refractivity contribution in [2.45, 2.75) is 56.8 Å². The van der Waals surface area contributed by atoms with Gasteiger partial charge in [-0.2, -0.15) is 0 Å². The first-order valence-corrected chi connectivity index (χ1v) is 12.8. The predicted octanol–water partition coefficient (Wildman–Crippen LogP) is 2.47. The normalized spacial score (nSPS) is 26.2. The molecule has 0 saturated heterocycles. The lowest BCUT2D eigenvalue weighted by molar-refractivity contribution is -0.191. The molecule has 8 atom stereocenters. The molecular weight excluding hydrogens is 538 g/mol. The van der Waals surface area contributed by atoms with Gasteiger partial charge in [-0.05, 0) is 17.9 Å². The fourth-order valence-corrected chi connectivity index (χ4v) is 5.53. The van der Waals surface area contributed by atoms with E-state index in [0.29, 0.717) is 11.1 Å². The molecule has 0 aliphatic heterocycles. The Hall–Kier alpha value is -4.45. The number of hydrogen-bond donors (Lipinski definition) is 2. The summed E-state index contributed by atoms with van der Waals surface area (Å²) >= 11 is 0. The fourth-order valence-electron chi connectivity index (χ4n) is 5.53. The Morgan fingerprint density at radius 2 is 1.41 bits per heavy atom. The molecule has 0 aromatic heterocycles. The zero-order chi connectivity index (χ0) is 29.7. The first kappa shape index (κ1) is 29.5. The van der Waals surface area contributed by atoms with Gasteiger partial charge in [-0.15, -0.1) is 0 Å². The van der Waals surface area contributed by atoms with Crippen molar-refractivity contribution in [3.8, 4) is 0 Å². The molecule has 2 fully saturated rings. The SMILES string of the molecule is CC(=O)O[C@H](C(=O)O[C@H]1[C@@H](N=[N+]=[N-])[C@@H]2C[C@]2([C@H](O)CO)[C@@H]1OC(=O)[C@@H](OC(C)=O)c1ccccc1)c1ccccc1. The number of esters is 4. The number of nitrogens with zero attached hydrogens (tertiary/aromatic N) is 3. The van der Waals surface area contributed by atoms with Crippen LogP contribution in [0.1, 0.15) is 43.6 Å². The van der Waals surface area contributed by atoms with Crippen molar-refractivity contribution in [2.24, 2.45) is 16.4 Å². The number of benzene rings is 2. The molecule has 0 heterocycles. The lowest BCUT2D eigenvalue weighted by atomic mass is 9.92. The smallest absolute Gasteiger partial charge is 0.352 e. The van der Waals surface area contributed by atoms with Crippen LogP contribution in [0.5, 0.6) is 0 Å². The fraction of sp³-hybridized carbons (Fsp3) is 0.429. The van der Waals surface area contributed by atoms with Gasteiger partial charge in [0.15, 0.2) is 0 Å². The molecule has 2 N–H and O–H groups in total. The standard InChI is InChI=1S/C28H29N3O10/c1-15(33)38-22(17-9-5-3-6-10-17)26(36)40-24-21(30-31-29)19-13-28(19,20(35)14-32)25(24)41-27(37)23(39-16(2)34)18-11-7-4-8-12-18/h3-12,19-25,32,35H,13-14H2,1-2H3/t19-,20+,21-,22-,23-,24-,25+,28-/m0/s1. The van der Waals surface area contributed by atoms with Crippen LogP contribution in [0.25, 0.3) is 10.4 Å². The number of carbonyl (C=O) groups excluding carboxylic acids is 4. The molecule has 2 aromatic carbocycles. The lowest BCUT2D eigenvalue weighted by Gasteiger charge is -2.33. The molecule has 2 aliphatic rings. The zero-order valence-corrected chi connectivity index (χ0v) is 22.2. The average Bonchev–Trinajstić information content (AvgIpc) is 3.66. The molecule has 2 aromatic rings. The molecular formula is C28H29N3O10. The third-order valence-electron chi connectivity index (χ3n) is 7.35. The topological polar surface area (TPSA) is 194 Å². The van der Waals surface area contributed by atoms with E-state index < -0.39 is 78.4 Å². The van der Waals surface area contributed by atoms with E-state index in [4.69, 9.17) is 18.9 Å². The first-order valence-electron chi connectivity index (χ1n) is 12.8. The summed E-state index contributed by atoms with van der Waals surface area (Å²) < 4.78 is 22.0. The van der Waals surface area contributed by atoms with Gasteiger partial charge in [0, 0.05) is 35.3 Å². The zero-order valence-electron chi connectivity index (χ0n) is 22.2. The third kappa shape index (κ3) is 6.02. The van der Waals surface area contributed by atoms with Crippen LogP contribution in [-0.4, -0.2) is 65.1 Å². The Morgan fingerprint density at radius 1 is 0.927 bits per heavy atom. The van der Waals surface area contributed by atoms with Crippen LogP contribution in [0.15, 0.2) is 65.8 Å². The minimum atomic E-state index is -1.50. The highest BCUT2D eigenvalue weighted by Crippen LogP contribution is 2.68. The van der Waals surface area contributed by atoms with Crippen LogP contribution in [-0.2, 0) is 38.1 Å². The van der Waals surface area contributed by atoms with Crippen molar-refractivity contribution >= 4 is 23.9 Å². The summed E-state index contributed by atoms with van der Waals surface area (Å²) in [6, 6.07) is 15.0. The van der Waals surface area contributed by atoms with E-state index in [-0.39, 0.29) is 6.42 Å². The molecule has 0 unspecified atom stereocenters. The average molecular weight is 568 g/mol. The maximum atomic E-state index is 13.5. The van der Waals surface area contributed by atoms with Crippen LogP contribution in [0.2, 0.25) is 0 Å². The van der Waals surface area contributed by atoms with E-state index in [1.165, 1.54) is 0 Å². The number of carbonyl (C=O) groups is 4. The van der Waals surface area contributed by atoms with E-state index >= 15 is 0 Å². The first-order chi connectivity index (χ1) is 19.6. The Balaban J connectivity index is 1.70. The summed E-state index contributed by atoms with van der Waals surface area (Å²) in [6.07, 6.45) is -7.10. The van der Waals surface area contributed by atoms with Crippen LogP contribution in [0.4, 0.5) is 0 Å². The van der Waals surface area contributed by atoms with Crippen molar-refractivity contribution in [3.63, 3.8) is 0 Å². The number of hydrogen-bond acceptors (Lipinski definition) is 11. The van der Waals surface area contributed by atoms with E-state index in [9.17, 15) is 34.9 Å². The van der Waals surface area contributed by atoms with E-state index in [0.717, 1.165) is 13.8 Å². The Labute approximate surface area is 234 Å². The number of aliphatic hydroxyl groups excluding tert-OH is 2. The summed E-state index contributed by atoms with van der Waals surface area (Å²) in [6.45, 7) is 1.51. The minimum absolute atomic E-state index is 0.181. The minimum Gasteiger partial charge on any atom is -0.455 e. The monoisotopic (exact) mass is 567 g/mol. The van der Waals surface area contributed by atoms with Crippen LogP contribution >= 0.6 is 0 Å². The number of rotatable bonds is 11. The largest absolute Gasteiger partial charge is 0.455 e. The van der Waals surface area contributed by atoms with Gasteiger partial charge in [0.05, 0.1) is 18.8 Å². The quantitative estimate of drug-likeness (QED) is 0.134. The molecule has 0 bridgehead atoms. The van der Waals surface area contributed by atoms with E-state index in [1.54, 1.807) is 60.7 Å². The number of aliphatic hydroxyl groups is 2. The molecule has 13 heteroatoms. The second kappa shape index (κ2) is 12.4. The number of azide groups is 1. The Morgan fingerprint density at radius 3 is 1.85 bits per heavy atom. The van der Waals surface area contributed by atoms with Gasteiger partial charge in [-0.25, -0.2) is 9.59 Å². The summed E-state index contributed by atoms with van der Waals surface area (Å²) in [4.78, 5) is 53.4. The van der Waals surface area contributed by atoms with Crippen molar-refractivity contribution in [1.29, 1.82) is 0 Å². The molecule has 2 aliphatic carbocycles. The van der Waals surface area contributed by atoms with Gasteiger partial charge in [0.1, 0.15) is 12.2 Å². The molecule has 0 spiro atoms. The molecule has 216 valence electrons. The maximum Gasteiger partial charge on any atom is 0.352 e. The number of fused-ring (bicyclic) bond motifs is 1. The van der Waals surface area contributed by atoms with Crippen molar-refractivity contribution < 1.29 is 48.3 Å². The molecule has 13 nitrogen and oxygen atoms in total. The highest BCUT2D eigenvalue weighted by atomic mass is 16.6. The Bertz CT molecular complexity index is 1330. The van der Waals surface area contributed by atoms with Crippen molar-refractivity contribution in [1.82, 2.24) is 0 Å². The van der Waals surface area contributed by atoms with E-state index in [1.807, 2.05) is 0 Å². The molecule has 2 saturated carbocycles. The number of ether oxygens (including phenoxy) is 4. The highest BCUT2D eigenvalue weighted by molar-refractivity contribution is 5.81. The van der Waals surface area contributed by atoms with Gasteiger partial charge < -0.3 is 29.2 Å². The van der Waals surface area contributed by atoms with Crippen LogP contribution < -0.4 is 0 Å². The van der Waals surface area contributed by atoms with Crippen LogP contribution in [0.3, 0.4) is 0 Å². The van der Waals surface area contributed by atoms with Crippen LogP contribution in [0, 0.1) is 11.3 Å². The lowest BCUT2D eigenvalue weighted by Crippen LogP contribution is -2.47.